The average Bonchev–Trinajstić information content (AvgIpc) is 3.53. The van der Waals surface area contributed by atoms with Crippen molar-refractivity contribution in [3.8, 4) is 5.75 Å². The van der Waals surface area contributed by atoms with Crippen molar-refractivity contribution >= 4 is 56.7 Å². The third-order valence-corrected chi connectivity index (χ3v) is 8.16. The number of carbonyl (C=O) groups is 2. The molecule has 4 aromatic rings. The Morgan fingerprint density at radius 2 is 2.00 bits per heavy atom. The van der Waals surface area contributed by atoms with Crippen molar-refractivity contribution in [2.75, 3.05) is 12.0 Å². The van der Waals surface area contributed by atoms with E-state index in [-0.39, 0.29) is 23.2 Å². The van der Waals surface area contributed by atoms with Crippen molar-refractivity contribution < 1.29 is 18.7 Å². The zero-order chi connectivity index (χ0) is 26.6. The molecule has 0 spiro atoms. The van der Waals surface area contributed by atoms with Crippen LogP contribution in [0.1, 0.15) is 11.4 Å². The summed E-state index contributed by atoms with van der Waals surface area (Å²) in [7, 11) is 3.11. The molecule has 38 heavy (non-hydrogen) atoms. The second-order valence-electron chi connectivity index (χ2n) is 8.82. The number of benzene rings is 2. The smallest absolute Gasteiger partial charge is 0.332 e. The second kappa shape index (κ2) is 9.41. The van der Waals surface area contributed by atoms with Crippen molar-refractivity contribution in [1.29, 1.82) is 0 Å². The molecule has 0 radical (unpaired) electrons. The standard InChI is InChI=1S/C26H20ClFN6O3S/c1-32-13-30-23(31-32)12-33-19-9-22(16-7-21(37-2)18(28)8-17(16)27)38-24(19)25(35)34(26(33)36)20-11-29-10-14-5-3-4-6-15(14)20/h3-11,13,19,24H,12H2,1-2H3. The molecule has 2 aromatic heterocycles. The summed E-state index contributed by atoms with van der Waals surface area (Å²) < 4.78 is 20.9. The van der Waals surface area contributed by atoms with Crippen LogP contribution in [0.4, 0.5) is 14.9 Å². The molecule has 0 bridgehead atoms. The first-order valence-corrected chi connectivity index (χ1v) is 12.8. The number of aromatic nitrogens is 4. The SMILES string of the molecule is COc1cc(C2=CC3C(S2)C(=O)N(c2cncc4ccccc24)C(=O)N3Cc2ncn(C)n2)c(Cl)cc1F. The quantitative estimate of drug-likeness (QED) is 0.357. The highest BCUT2D eigenvalue weighted by atomic mass is 35.5. The molecule has 2 atom stereocenters. The highest BCUT2D eigenvalue weighted by molar-refractivity contribution is 8.09. The maximum absolute atomic E-state index is 14.2. The normalized spacial score (nSPS) is 19.2. The van der Waals surface area contributed by atoms with E-state index in [1.807, 2.05) is 30.3 Å². The Morgan fingerprint density at radius 1 is 1.18 bits per heavy atom. The molecule has 2 aliphatic rings. The van der Waals surface area contributed by atoms with Crippen LogP contribution in [0.3, 0.4) is 0 Å². The lowest BCUT2D eigenvalue weighted by Crippen LogP contribution is -2.61. The lowest BCUT2D eigenvalue weighted by molar-refractivity contribution is -0.119. The Labute approximate surface area is 225 Å². The van der Waals surface area contributed by atoms with Gasteiger partial charge in [-0.3, -0.25) is 14.5 Å². The summed E-state index contributed by atoms with van der Waals surface area (Å²) in [5, 5.41) is 5.35. The van der Waals surface area contributed by atoms with Crippen LogP contribution in [-0.2, 0) is 18.4 Å². The summed E-state index contributed by atoms with van der Waals surface area (Å²) in [5.41, 5.74) is 0.907. The van der Waals surface area contributed by atoms with Gasteiger partial charge in [-0.1, -0.05) is 35.9 Å². The second-order valence-corrected chi connectivity index (χ2v) is 10.4. The molecule has 9 nitrogen and oxygen atoms in total. The maximum atomic E-state index is 14.2. The van der Waals surface area contributed by atoms with Crippen molar-refractivity contribution in [2.24, 2.45) is 7.05 Å². The van der Waals surface area contributed by atoms with Crippen molar-refractivity contribution in [2.45, 2.75) is 17.8 Å². The number of fused-ring (bicyclic) bond motifs is 2. The van der Waals surface area contributed by atoms with E-state index >= 15 is 0 Å². The summed E-state index contributed by atoms with van der Waals surface area (Å²) in [6, 6.07) is 8.99. The van der Waals surface area contributed by atoms with E-state index in [9.17, 15) is 14.0 Å². The van der Waals surface area contributed by atoms with Crippen LogP contribution < -0.4 is 9.64 Å². The fourth-order valence-corrected chi connectivity index (χ4v) is 6.39. The molecule has 6 rings (SSSR count). The van der Waals surface area contributed by atoms with Gasteiger partial charge in [0, 0.05) is 34.5 Å². The zero-order valence-corrected chi connectivity index (χ0v) is 21.8. The van der Waals surface area contributed by atoms with Gasteiger partial charge in [-0.25, -0.2) is 19.1 Å². The lowest BCUT2D eigenvalue weighted by atomic mass is 10.0. The minimum atomic E-state index is -0.683. The number of hydrogen-bond acceptors (Lipinski definition) is 7. The number of methoxy groups -OCH3 is 1. The van der Waals surface area contributed by atoms with E-state index < -0.39 is 23.1 Å². The summed E-state index contributed by atoms with van der Waals surface area (Å²) in [4.78, 5) is 39.9. The van der Waals surface area contributed by atoms with E-state index in [0.29, 0.717) is 22.0 Å². The van der Waals surface area contributed by atoms with Crippen LogP contribution in [0.5, 0.6) is 5.75 Å². The highest BCUT2D eigenvalue weighted by Crippen LogP contribution is 2.48. The Kier molecular flexibility index (Phi) is 6.04. The molecule has 2 aromatic carbocycles. The van der Waals surface area contributed by atoms with Crippen molar-refractivity contribution in [3.63, 3.8) is 0 Å². The fraction of sp³-hybridized carbons (Fsp3) is 0.192. The van der Waals surface area contributed by atoms with Gasteiger partial charge in [0.05, 0.1) is 36.6 Å². The van der Waals surface area contributed by atoms with Crippen molar-refractivity contribution in [3.05, 3.63) is 83.4 Å². The maximum Gasteiger partial charge on any atom is 0.332 e. The van der Waals surface area contributed by atoms with Gasteiger partial charge >= 0.3 is 6.03 Å². The van der Waals surface area contributed by atoms with Crippen LogP contribution >= 0.6 is 23.4 Å². The first-order chi connectivity index (χ1) is 18.4. The molecule has 0 aliphatic carbocycles. The molecule has 4 heterocycles. The Balaban J connectivity index is 1.46. The number of ether oxygens (including phenoxy) is 1. The number of pyridine rings is 1. The third kappa shape index (κ3) is 3.98. The summed E-state index contributed by atoms with van der Waals surface area (Å²) in [5.74, 6) is -0.518. The molecule has 2 unspecified atom stereocenters. The van der Waals surface area contributed by atoms with Gasteiger partial charge in [-0.05, 0) is 18.2 Å². The summed E-state index contributed by atoms with van der Waals surface area (Å²) in [6.07, 6.45) is 6.56. The summed E-state index contributed by atoms with van der Waals surface area (Å²) >= 11 is 7.67. The van der Waals surface area contributed by atoms with Crippen LogP contribution in [0.15, 0.2) is 61.2 Å². The monoisotopic (exact) mass is 550 g/mol. The van der Waals surface area contributed by atoms with Crippen LogP contribution in [0, 0.1) is 5.82 Å². The first-order valence-electron chi connectivity index (χ1n) is 11.6. The number of carbonyl (C=O) groups excluding carboxylic acids is 2. The molecule has 2 aliphatic heterocycles. The number of nitrogens with zero attached hydrogens (tertiary/aromatic N) is 6. The number of amides is 3. The number of aryl methyl sites for hydroxylation is 1. The molecule has 1 saturated heterocycles. The Hall–Kier alpha value is -3.96. The third-order valence-electron chi connectivity index (χ3n) is 6.50. The minimum Gasteiger partial charge on any atom is -0.494 e. The van der Waals surface area contributed by atoms with Gasteiger partial charge < -0.3 is 9.64 Å². The molecular formula is C26H20ClFN6O3S. The van der Waals surface area contributed by atoms with E-state index in [1.54, 1.807) is 29.2 Å². The van der Waals surface area contributed by atoms with Crippen molar-refractivity contribution in [1.82, 2.24) is 24.6 Å². The van der Waals surface area contributed by atoms with Gasteiger partial charge in [0.1, 0.15) is 11.6 Å². The molecule has 0 saturated carbocycles. The molecule has 1 fully saturated rings. The lowest BCUT2D eigenvalue weighted by Gasteiger charge is -2.40. The largest absolute Gasteiger partial charge is 0.494 e. The predicted octanol–water partition coefficient (Wildman–Crippen LogP) is 4.66. The number of imide groups is 1. The van der Waals surface area contributed by atoms with Gasteiger partial charge in [0.15, 0.2) is 17.4 Å². The first kappa shape index (κ1) is 24.4. The Morgan fingerprint density at radius 3 is 2.76 bits per heavy atom. The van der Waals surface area contributed by atoms with Crippen LogP contribution in [-0.4, -0.2) is 55.0 Å². The number of rotatable bonds is 5. The van der Waals surface area contributed by atoms with E-state index in [0.717, 1.165) is 10.8 Å². The number of thioether (sulfide) groups is 1. The van der Waals surface area contributed by atoms with Crippen LogP contribution in [0.25, 0.3) is 15.7 Å². The average molecular weight is 551 g/mol. The van der Waals surface area contributed by atoms with Gasteiger partial charge in [-0.2, -0.15) is 5.10 Å². The number of hydrogen-bond donors (Lipinski definition) is 0. The van der Waals surface area contributed by atoms with Gasteiger partial charge in [-0.15, -0.1) is 11.8 Å². The molecular weight excluding hydrogens is 531 g/mol. The van der Waals surface area contributed by atoms with E-state index in [2.05, 4.69) is 15.1 Å². The highest BCUT2D eigenvalue weighted by Gasteiger charge is 2.50. The van der Waals surface area contributed by atoms with E-state index in [1.165, 1.54) is 42.1 Å². The number of urea groups is 1. The predicted molar refractivity (Wildman–Crippen MR) is 142 cm³/mol. The number of anilines is 1. The molecule has 12 heteroatoms. The molecule has 192 valence electrons. The van der Waals surface area contributed by atoms with E-state index in [4.69, 9.17) is 16.3 Å². The minimum absolute atomic E-state index is 0.0289. The topological polar surface area (TPSA) is 93.5 Å². The molecule has 3 amide bonds. The molecule has 0 N–H and O–H groups in total. The zero-order valence-electron chi connectivity index (χ0n) is 20.2. The fourth-order valence-electron chi connectivity index (χ4n) is 4.73. The summed E-state index contributed by atoms with van der Waals surface area (Å²) in [6.45, 7) is 0.0770. The van der Waals surface area contributed by atoms with Gasteiger partial charge in [0.2, 0.25) is 0 Å². The van der Waals surface area contributed by atoms with Gasteiger partial charge in [0.25, 0.3) is 5.91 Å². The number of halogens is 2. The Bertz CT molecular complexity index is 1640. The van der Waals surface area contributed by atoms with Crippen LogP contribution in [0.2, 0.25) is 5.02 Å².